The highest BCUT2D eigenvalue weighted by atomic mass is 16.4. The second kappa shape index (κ2) is 6.57. The summed E-state index contributed by atoms with van der Waals surface area (Å²) in [6.45, 7) is 0.364. The van der Waals surface area contributed by atoms with E-state index in [0.29, 0.717) is 13.0 Å². The van der Waals surface area contributed by atoms with E-state index in [4.69, 9.17) is 5.73 Å². The van der Waals surface area contributed by atoms with Gasteiger partial charge in [-0.15, -0.1) is 0 Å². The zero-order valence-electron chi connectivity index (χ0n) is 12.1. The standard InChI is InChI=1S/C15H26N2O3/c16-10-15(8-4-1-5-9-15)14(20)17-12-7-3-2-6-11(12)13(18)19/h11-12H,1-10,16H2,(H,17,20)(H,18,19). The lowest BCUT2D eigenvalue weighted by atomic mass is 9.72. The predicted molar refractivity (Wildman–Crippen MR) is 76.1 cm³/mol. The monoisotopic (exact) mass is 282 g/mol. The highest BCUT2D eigenvalue weighted by Gasteiger charge is 2.41. The smallest absolute Gasteiger partial charge is 0.308 e. The van der Waals surface area contributed by atoms with Crippen LogP contribution in [0.4, 0.5) is 0 Å². The lowest BCUT2D eigenvalue weighted by Gasteiger charge is -2.38. The number of amides is 1. The van der Waals surface area contributed by atoms with Crippen LogP contribution >= 0.6 is 0 Å². The molecule has 5 nitrogen and oxygen atoms in total. The highest BCUT2D eigenvalue weighted by molar-refractivity contribution is 5.84. The first-order chi connectivity index (χ1) is 9.59. The van der Waals surface area contributed by atoms with Crippen molar-refractivity contribution in [1.29, 1.82) is 0 Å². The van der Waals surface area contributed by atoms with Crippen LogP contribution in [0, 0.1) is 11.3 Å². The Balaban J connectivity index is 2.03. The Kier molecular flexibility index (Phi) is 5.02. The number of hydrogen-bond donors (Lipinski definition) is 3. The summed E-state index contributed by atoms with van der Waals surface area (Å²) in [5, 5.41) is 12.3. The Morgan fingerprint density at radius 1 is 1.10 bits per heavy atom. The first kappa shape index (κ1) is 15.3. The Morgan fingerprint density at radius 2 is 1.75 bits per heavy atom. The molecule has 1 amide bonds. The molecular formula is C15H26N2O3. The summed E-state index contributed by atoms with van der Waals surface area (Å²) < 4.78 is 0. The van der Waals surface area contributed by atoms with Gasteiger partial charge in [-0.1, -0.05) is 32.1 Å². The number of carboxylic acid groups (broad SMARTS) is 1. The normalized spacial score (nSPS) is 29.6. The average Bonchev–Trinajstić information content (AvgIpc) is 2.48. The van der Waals surface area contributed by atoms with Gasteiger partial charge in [0.2, 0.25) is 5.91 Å². The molecule has 0 spiro atoms. The Hall–Kier alpha value is -1.10. The fourth-order valence-corrected chi connectivity index (χ4v) is 3.67. The Morgan fingerprint density at radius 3 is 2.35 bits per heavy atom. The quantitative estimate of drug-likeness (QED) is 0.731. The molecule has 2 rings (SSSR count). The first-order valence-corrected chi connectivity index (χ1v) is 7.83. The molecule has 4 N–H and O–H groups in total. The molecule has 2 unspecified atom stereocenters. The molecule has 2 atom stereocenters. The van der Waals surface area contributed by atoms with Crippen molar-refractivity contribution in [1.82, 2.24) is 5.32 Å². The number of nitrogens with one attached hydrogen (secondary N) is 1. The van der Waals surface area contributed by atoms with Crippen molar-refractivity contribution in [3.05, 3.63) is 0 Å². The third-order valence-corrected chi connectivity index (χ3v) is 5.08. The zero-order chi connectivity index (χ0) is 14.6. The van der Waals surface area contributed by atoms with Gasteiger partial charge in [0.1, 0.15) is 0 Å². The number of carbonyl (C=O) groups excluding carboxylic acids is 1. The van der Waals surface area contributed by atoms with Crippen LogP contribution in [0.5, 0.6) is 0 Å². The molecule has 20 heavy (non-hydrogen) atoms. The summed E-state index contributed by atoms with van der Waals surface area (Å²) in [6, 6.07) is -0.223. The number of hydrogen-bond acceptors (Lipinski definition) is 3. The molecule has 5 heteroatoms. The second-order valence-corrected chi connectivity index (χ2v) is 6.35. The molecule has 0 aromatic heterocycles. The van der Waals surface area contributed by atoms with Crippen LogP contribution in [0.2, 0.25) is 0 Å². The number of carboxylic acids is 1. The van der Waals surface area contributed by atoms with Crippen molar-refractivity contribution in [3.8, 4) is 0 Å². The minimum atomic E-state index is -0.791. The van der Waals surface area contributed by atoms with Crippen LogP contribution in [-0.2, 0) is 9.59 Å². The van der Waals surface area contributed by atoms with Gasteiger partial charge in [-0.05, 0) is 25.7 Å². The summed E-state index contributed by atoms with van der Waals surface area (Å²) >= 11 is 0. The van der Waals surface area contributed by atoms with Gasteiger partial charge in [0.25, 0.3) is 0 Å². The largest absolute Gasteiger partial charge is 0.481 e. The molecule has 0 radical (unpaired) electrons. The third kappa shape index (κ3) is 3.14. The highest BCUT2D eigenvalue weighted by Crippen LogP contribution is 2.36. The average molecular weight is 282 g/mol. The third-order valence-electron chi connectivity index (χ3n) is 5.08. The summed E-state index contributed by atoms with van der Waals surface area (Å²) in [4.78, 5) is 23.9. The van der Waals surface area contributed by atoms with Crippen LogP contribution in [0.15, 0.2) is 0 Å². The second-order valence-electron chi connectivity index (χ2n) is 6.35. The molecule has 2 aliphatic rings. The number of carbonyl (C=O) groups is 2. The summed E-state index contributed by atoms with van der Waals surface area (Å²) in [7, 11) is 0. The lowest BCUT2D eigenvalue weighted by Crippen LogP contribution is -2.53. The fourth-order valence-electron chi connectivity index (χ4n) is 3.67. The minimum absolute atomic E-state index is 0.0159. The van der Waals surface area contributed by atoms with Crippen molar-refractivity contribution in [2.75, 3.05) is 6.54 Å². The number of aliphatic carboxylic acids is 1. The van der Waals surface area contributed by atoms with E-state index in [1.165, 1.54) is 0 Å². The van der Waals surface area contributed by atoms with Crippen LogP contribution in [0.3, 0.4) is 0 Å². The van der Waals surface area contributed by atoms with Gasteiger partial charge in [-0.25, -0.2) is 0 Å². The molecule has 2 aliphatic carbocycles. The Bertz CT molecular complexity index is 364. The molecule has 2 saturated carbocycles. The van der Waals surface area contributed by atoms with Crippen molar-refractivity contribution in [3.63, 3.8) is 0 Å². The maximum atomic E-state index is 12.6. The van der Waals surface area contributed by atoms with Crippen LogP contribution in [0.25, 0.3) is 0 Å². The van der Waals surface area contributed by atoms with Crippen LogP contribution in [-0.4, -0.2) is 29.6 Å². The van der Waals surface area contributed by atoms with E-state index in [2.05, 4.69) is 5.32 Å². The molecule has 0 heterocycles. The van der Waals surface area contributed by atoms with Gasteiger partial charge in [0.05, 0.1) is 11.3 Å². The predicted octanol–water partition coefficient (Wildman–Crippen LogP) is 1.66. The maximum absolute atomic E-state index is 12.6. The van der Waals surface area contributed by atoms with Crippen molar-refractivity contribution >= 4 is 11.9 Å². The van der Waals surface area contributed by atoms with Crippen LogP contribution < -0.4 is 11.1 Å². The molecular weight excluding hydrogens is 256 g/mol. The van der Waals surface area contributed by atoms with Gasteiger partial charge >= 0.3 is 5.97 Å². The summed E-state index contributed by atoms with van der Waals surface area (Å²) in [6.07, 6.45) is 8.26. The maximum Gasteiger partial charge on any atom is 0.308 e. The van der Waals surface area contributed by atoms with E-state index in [0.717, 1.165) is 51.4 Å². The van der Waals surface area contributed by atoms with E-state index in [9.17, 15) is 14.7 Å². The van der Waals surface area contributed by atoms with E-state index in [1.807, 2.05) is 0 Å². The number of rotatable bonds is 4. The molecule has 0 aromatic rings. The Labute approximate surface area is 120 Å². The SMILES string of the molecule is NCC1(C(=O)NC2CCCCC2C(=O)O)CCCCC1. The van der Waals surface area contributed by atoms with E-state index in [-0.39, 0.29) is 11.9 Å². The van der Waals surface area contributed by atoms with Gasteiger partial charge in [0.15, 0.2) is 0 Å². The van der Waals surface area contributed by atoms with Crippen molar-refractivity contribution in [2.45, 2.75) is 63.8 Å². The van der Waals surface area contributed by atoms with Gasteiger partial charge in [-0.3, -0.25) is 9.59 Å². The van der Waals surface area contributed by atoms with Gasteiger partial charge in [0, 0.05) is 12.6 Å². The molecule has 2 fully saturated rings. The van der Waals surface area contributed by atoms with Gasteiger partial charge in [-0.2, -0.15) is 0 Å². The fraction of sp³-hybridized carbons (Fsp3) is 0.867. The number of nitrogens with two attached hydrogens (primary N) is 1. The first-order valence-electron chi connectivity index (χ1n) is 7.83. The van der Waals surface area contributed by atoms with E-state index >= 15 is 0 Å². The van der Waals surface area contributed by atoms with Gasteiger partial charge < -0.3 is 16.2 Å². The summed E-state index contributed by atoms with van der Waals surface area (Å²) in [5.41, 5.74) is 5.40. The van der Waals surface area contributed by atoms with E-state index < -0.39 is 17.3 Å². The molecule has 0 aliphatic heterocycles. The summed E-state index contributed by atoms with van der Waals surface area (Å²) in [5.74, 6) is -1.25. The topological polar surface area (TPSA) is 92.4 Å². The van der Waals surface area contributed by atoms with Crippen molar-refractivity contribution in [2.24, 2.45) is 17.1 Å². The lowest BCUT2D eigenvalue weighted by molar-refractivity contribution is -0.144. The molecule has 114 valence electrons. The van der Waals surface area contributed by atoms with Crippen molar-refractivity contribution < 1.29 is 14.7 Å². The molecule has 0 bridgehead atoms. The van der Waals surface area contributed by atoms with Crippen LogP contribution in [0.1, 0.15) is 57.8 Å². The minimum Gasteiger partial charge on any atom is -0.481 e. The molecule has 0 aromatic carbocycles. The zero-order valence-corrected chi connectivity index (χ0v) is 12.1. The molecule has 0 saturated heterocycles. The van der Waals surface area contributed by atoms with E-state index in [1.54, 1.807) is 0 Å².